The minimum Gasteiger partial charge on any atom is -0.497 e. The Balaban J connectivity index is 0.959. The highest BCUT2D eigenvalue weighted by Gasteiger charge is 2.28. The maximum Gasteiger partial charge on any atom is 0.472 e. The van der Waals surface area contributed by atoms with Crippen LogP contribution >= 0.6 is 23.5 Å². The second-order valence-electron chi connectivity index (χ2n) is 22.1. The minimum atomic E-state index is -4.75. The van der Waals surface area contributed by atoms with Gasteiger partial charge in [-0.05, 0) is 110 Å². The molecule has 4 unspecified atom stereocenters. The van der Waals surface area contributed by atoms with Crippen molar-refractivity contribution in [1.82, 2.24) is 0 Å². The van der Waals surface area contributed by atoms with E-state index < -0.39 is 42.6 Å². The molecule has 0 radical (unpaired) electrons. The van der Waals surface area contributed by atoms with Crippen LogP contribution in [-0.2, 0) is 99.4 Å². The Hall–Kier alpha value is -5.89. The summed E-state index contributed by atoms with van der Waals surface area (Å²) in [6.45, 7) is 3.68. The van der Waals surface area contributed by atoms with Gasteiger partial charge >= 0.3 is 23.5 Å². The van der Waals surface area contributed by atoms with Crippen molar-refractivity contribution in [2.24, 2.45) is 11.7 Å². The number of rotatable bonds is 54. The highest BCUT2D eigenvalue weighted by molar-refractivity contribution is 7.47. The molecule has 0 amide bonds. The number of aliphatic hydroxyl groups excluding tert-OH is 1. The van der Waals surface area contributed by atoms with Crippen LogP contribution in [0, 0.1) is 29.6 Å². The van der Waals surface area contributed by atoms with Crippen LogP contribution in [0.2, 0.25) is 0 Å². The molecule has 0 saturated heterocycles. The molecule has 0 aromatic heterocycles. The standard InChI is InChI=1S/C72H94NO26P3/c1-81-63-16-21-65-59(7-5-9-61(65)53-63)14-19-69-67-11-3-4-12-68(67)71(20-15-60-8-6-10-62-54-64(82-2)17-22-66(60)62)72-52-57(13-18-70(69)72)51-58(55-98-101(77,78)96-49-45-92-41-38-89-34-31-86-30-29-85-28-27-84-26-24-74)56-99-102(79,80)97-50-46-93-42-39-90-36-33-87-32-35-88-37-40-91-44-48-95-100(75,76)94-47-43-83-25-23-73/h3-13,16-18,21-22,52-54,58,74H,23-51,55-56,73H2,1-2H3,(H,75,76)(H,77,78)(H,79,80). The molecule has 0 aliphatic heterocycles. The molecule has 0 bridgehead atoms. The number of fused-ring (bicyclic) bond motifs is 4. The first-order chi connectivity index (χ1) is 49.7. The molecule has 6 N–H and O–H groups in total. The lowest BCUT2D eigenvalue weighted by Crippen LogP contribution is -2.19. The first-order valence-corrected chi connectivity index (χ1v) is 37.9. The van der Waals surface area contributed by atoms with Gasteiger partial charge in [-0.3, -0.25) is 27.1 Å². The largest absolute Gasteiger partial charge is 0.497 e. The smallest absolute Gasteiger partial charge is 0.472 e. The minimum absolute atomic E-state index is 0.0427. The van der Waals surface area contributed by atoms with Gasteiger partial charge in [-0.2, -0.15) is 0 Å². The average molecular weight is 1480 g/mol. The van der Waals surface area contributed by atoms with Gasteiger partial charge in [-0.1, -0.05) is 84.3 Å². The van der Waals surface area contributed by atoms with E-state index in [0.29, 0.717) is 71.6 Å². The lowest BCUT2D eigenvalue weighted by molar-refractivity contribution is -0.0158. The molecule has 0 spiro atoms. The molecule has 30 heteroatoms. The first kappa shape index (κ1) is 83.4. The molecule has 4 atom stereocenters. The van der Waals surface area contributed by atoms with E-state index in [1.54, 1.807) is 14.2 Å². The van der Waals surface area contributed by atoms with E-state index in [1.807, 2.05) is 115 Å². The van der Waals surface area contributed by atoms with Gasteiger partial charge in [0.05, 0.1) is 206 Å². The van der Waals surface area contributed by atoms with E-state index in [9.17, 15) is 28.4 Å². The van der Waals surface area contributed by atoms with Gasteiger partial charge in [0.1, 0.15) is 11.5 Å². The van der Waals surface area contributed by atoms with Crippen molar-refractivity contribution in [3.63, 3.8) is 0 Å². The topological polar surface area (TPSA) is 334 Å². The van der Waals surface area contributed by atoms with Crippen molar-refractivity contribution in [3.8, 4) is 35.2 Å². The second-order valence-corrected chi connectivity index (χ2v) is 26.5. The highest BCUT2D eigenvalue weighted by atomic mass is 31.2. The van der Waals surface area contributed by atoms with E-state index in [2.05, 4.69) is 23.7 Å². The van der Waals surface area contributed by atoms with E-state index in [1.165, 1.54) is 0 Å². The van der Waals surface area contributed by atoms with E-state index in [4.69, 9.17) is 99.6 Å². The van der Waals surface area contributed by atoms with E-state index in [-0.39, 0.29) is 125 Å². The number of nitrogens with two attached hydrogens (primary N) is 1. The van der Waals surface area contributed by atoms with Crippen LogP contribution in [0.15, 0.2) is 115 Å². The lowest BCUT2D eigenvalue weighted by atomic mass is 9.89. The number of hydrogen-bond donors (Lipinski definition) is 5. The molecule has 0 saturated carbocycles. The summed E-state index contributed by atoms with van der Waals surface area (Å²) in [7, 11) is -10.4. The van der Waals surface area contributed by atoms with E-state index in [0.717, 1.165) is 76.8 Å². The highest BCUT2D eigenvalue weighted by Crippen LogP contribution is 2.46. The van der Waals surface area contributed by atoms with Gasteiger partial charge in [-0.15, -0.1) is 0 Å². The van der Waals surface area contributed by atoms with Crippen LogP contribution in [0.25, 0.3) is 43.1 Å². The van der Waals surface area contributed by atoms with Crippen molar-refractivity contribution in [2.75, 3.05) is 212 Å². The fourth-order valence-electron chi connectivity index (χ4n) is 9.95. The summed E-state index contributed by atoms with van der Waals surface area (Å²) >= 11 is 0. The maximum atomic E-state index is 13.5. The van der Waals surface area contributed by atoms with Gasteiger partial charge in [0.2, 0.25) is 0 Å². The van der Waals surface area contributed by atoms with Crippen molar-refractivity contribution < 1.29 is 122 Å². The predicted molar refractivity (Wildman–Crippen MR) is 382 cm³/mol. The average Bonchev–Trinajstić information content (AvgIpc) is 0.748. The quantitative estimate of drug-likeness (QED) is 0.0103. The maximum absolute atomic E-state index is 13.5. The molecular formula is C72H94NO26P3. The fraction of sp³-hybridized carbons (Fsp3) is 0.472. The van der Waals surface area contributed by atoms with Gasteiger partial charge in [0, 0.05) is 34.7 Å². The second kappa shape index (κ2) is 47.5. The number of phosphoric acid groups is 3. The molecule has 0 aliphatic rings. The molecule has 102 heavy (non-hydrogen) atoms. The molecule has 7 rings (SSSR count). The van der Waals surface area contributed by atoms with Crippen LogP contribution in [0.4, 0.5) is 0 Å². The van der Waals surface area contributed by atoms with Crippen molar-refractivity contribution in [1.29, 1.82) is 0 Å². The van der Waals surface area contributed by atoms with Crippen molar-refractivity contribution in [3.05, 3.63) is 143 Å². The summed E-state index contributed by atoms with van der Waals surface area (Å²) < 4.78 is 141. The zero-order valence-electron chi connectivity index (χ0n) is 57.7. The third-order valence-electron chi connectivity index (χ3n) is 14.8. The van der Waals surface area contributed by atoms with E-state index >= 15 is 0 Å². The lowest BCUT2D eigenvalue weighted by Gasteiger charge is -2.21. The Morgan fingerprint density at radius 2 is 0.686 bits per heavy atom. The van der Waals surface area contributed by atoms with Crippen LogP contribution in [0.5, 0.6) is 11.5 Å². The van der Waals surface area contributed by atoms with Gasteiger partial charge in [0.25, 0.3) is 0 Å². The number of ether oxygens (including phenoxy) is 13. The molecule has 7 aromatic rings. The number of aliphatic hydroxyl groups is 1. The number of hydrogen-bond acceptors (Lipinski definition) is 24. The molecule has 558 valence electrons. The Labute approximate surface area is 594 Å². The zero-order chi connectivity index (χ0) is 72.4. The fourth-order valence-corrected chi connectivity index (χ4v) is 12.2. The zero-order valence-corrected chi connectivity index (χ0v) is 60.3. The van der Waals surface area contributed by atoms with Gasteiger partial charge in [0.15, 0.2) is 0 Å². The first-order valence-electron chi connectivity index (χ1n) is 33.4. The summed E-state index contributed by atoms with van der Waals surface area (Å²) in [6, 6.07) is 37.4. The Morgan fingerprint density at radius 3 is 1.06 bits per heavy atom. The molecular weight excluding hydrogens is 1390 g/mol. The molecule has 0 heterocycles. The number of phosphoric ester groups is 3. The van der Waals surface area contributed by atoms with Crippen LogP contribution < -0.4 is 15.2 Å². The third kappa shape index (κ3) is 31.0. The normalized spacial score (nSPS) is 13.7. The third-order valence-corrected chi connectivity index (χ3v) is 17.8. The van der Waals surface area contributed by atoms with Crippen molar-refractivity contribution >= 4 is 66.6 Å². The summed E-state index contributed by atoms with van der Waals surface area (Å²) in [5, 5.41) is 15.9. The van der Waals surface area contributed by atoms with Crippen LogP contribution in [-0.4, -0.2) is 232 Å². The predicted octanol–water partition coefficient (Wildman–Crippen LogP) is 8.81. The number of benzene rings is 7. The monoisotopic (exact) mass is 1480 g/mol. The molecule has 0 fully saturated rings. The molecule has 0 aliphatic carbocycles. The summed E-state index contributed by atoms with van der Waals surface area (Å²) in [5.74, 6) is 14.7. The molecule has 7 aromatic carbocycles. The van der Waals surface area contributed by atoms with Crippen LogP contribution in [0.3, 0.4) is 0 Å². The summed E-state index contributed by atoms with van der Waals surface area (Å²) in [6.07, 6.45) is 0.102. The number of methoxy groups -OCH3 is 2. The summed E-state index contributed by atoms with van der Waals surface area (Å²) in [5.41, 5.74) is 9.12. The van der Waals surface area contributed by atoms with Gasteiger partial charge < -0.3 is 87.1 Å². The molecule has 27 nitrogen and oxygen atoms in total. The Bertz CT molecular complexity index is 3900. The SMILES string of the molecule is COc1ccc2c(C#Cc3c4ccccc4c(C#Cc4cccc5cc(OC)ccc45)c4cc(CC(COP(=O)(O)OCCOCCOCCOCCOCCOCCO)COP(=O)(O)OCCOCCOCCOCCOCCOCCOP(=O)(O)OCCOCCN)ccc34)cccc2c1. The Morgan fingerprint density at radius 1 is 0.353 bits per heavy atom. The van der Waals surface area contributed by atoms with Crippen molar-refractivity contribution in [2.45, 2.75) is 6.42 Å². The van der Waals surface area contributed by atoms with Gasteiger partial charge in [-0.25, -0.2) is 13.7 Å². The van der Waals surface area contributed by atoms with Crippen LogP contribution in [0.1, 0.15) is 27.8 Å². The summed E-state index contributed by atoms with van der Waals surface area (Å²) in [4.78, 5) is 31.6. The Kier molecular flexibility index (Phi) is 38.9.